The largest absolute Gasteiger partial charge is 0.507 e. The molecule has 2 atom stereocenters. The minimum Gasteiger partial charge on any atom is -0.507 e. The summed E-state index contributed by atoms with van der Waals surface area (Å²) in [5.41, 5.74) is 6.83. The summed E-state index contributed by atoms with van der Waals surface area (Å²) in [6, 6.07) is 30.9. The van der Waals surface area contributed by atoms with Crippen molar-refractivity contribution >= 4 is 13.9 Å². The Labute approximate surface area is 253 Å². The van der Waals surface area contributed by atoms with Gasteiger partial charge in [0.2, 0.25) is 0 Å². The predicted molar refractivity (Wildman–Crippen MR) is 177 cm³/mol. The fourth-order valence-corrected chi connectivity index (χ4v) is 8.46. The first-order valence-corrected chi connectivity index (χ1v) is 16.7. The standard InChI is InChI=1S/C38H45FNOP/c1-3-20-38(4-2,42-36-19-18-34(39)27-33(36)28-40-21-12-7-13-22-40)35-26-31(23-29-14-8-5-9-15-29)25-32(37(35)41)24-30-16-10-6-11-17-30/h5-6,8-11,14-19,25-27,41-42H,3-4,7,12-13,20-24,28H2,1-2H3. The highest BCUT2D eigenvalue weighted by Crippen LogP contribution is 2.52. The molecule has 220 valence electrons. The zero-order valence-corrected chi connectivity index (χ0v) is 26.2. The van der Waals surface area contributed by atoms with E-state index in [2.05, 4.69) is 85.5 Å². The van der Waals surface area contributed by atoms with Gasteiger partial charge in [-0.15, -0.1) is 0 Å². The van der Waals surface area contributed by atoms with Crippen LogP contribution in [0.4, 0.5) is 4.39 Å². The van der Waals surface area contributed by atoms with Gasteiger partial charge >= 0.3 is 0 Å². The van der Waals surface area contributed by atoms with Crippen molar-refractivity contribution in [3.05, 3.63) is 130 Å². The van der Waals surface area contributed by atoms with Crippen molar-refractivity contribution in [2.24, 2.45) is 0 Å². The maximum absolute atomic E-state index is 14.6. The van der Waals surface area contributed by atoms with Gasteiger partial charge in [-0.2, -0.15) is 0 Å². The van der Waals surface area contributed by atoms with Gasteiger partial charge in [0.25, 0.3) is 0 Å². The van der Waals surface area contributed by atoms with Crippen molar-refractivity contribution in [1.29, 1.82) is 0 Å². The van der Waals surface area contributed by atoms with Crippen LogP contribution in [-0.4, -0.2) is 23.1 Å². The average molecular weight is 582 g/mol. The smallest absolute Gasteiger partial charge is 0.123 e. The summed E-state index contributed by atoms with van der Waals surface area (Å²) < 4.78 is 14.6. The number of halogens is 1. The summed E-state index contributed by atoms with van der Waals surface area (Å²) in [7, 11) is 0.438. The molecule has 1 aliphatic heterocycles. The molecule has 1 heterocycles. The van der Waals surface area contributed by atoms with E-state index in [1.54, 1.807) is 12.1 Å². The molecule has 2 unspecified atom stereocenters. The first kappa shape index (κ1) is 30.5. The highest BCUT2D eigenvalue weighted by atomic mass is 31.1. The van der Waals surface area contributed by atoms with Gasteiger partial charge in [0, 0.05) is 23.7 Å². The zero-order chi connectivity index (χ0) is 29.4. The Kier molecular flexibility index (Phi) is 10.5. The Morgan fingerprint density at radius 2 is 1.43 bits per heavy atom. The number of likely N-dealkylation sites (tertiary alicyclic amines) is 1. The van der Waals surface area contributed by atoms with Crippen molar-refractivity contribution in [2.45, 2.75) is 76.9 Å². The third kappa shape index (κ3) is 7.49. The Balaban J connectivity index is 1.58. The van der Waals surface area contributed by atoms with Gasteiger partial charge in [0.15, 0.2) is 0 Å². The Hall–Kier alpha value is -3.00. The van der Waals surface area contributed by atoms with E-state index >= 15 is 0 Å². The molecule has 42 heavy (non-hydrogen) atoms. The van der Waals surface area contributed by atoms with Crippen LogP contribution in [-0.2, 0) is 24.5 Å². The first-order valence-electron chi connectivity index (χ1n) is 15.7. The molecule has 4 aromatic carbocycles. The number of piperidine rings is 1. The van der Waals surface area contributed by atoms with Gasteiger partial charge in [0.1, 0.15) is 11.6 Å². The van der Waals surface area contributed by atoms with Gasteiger partial charge in [0.05, 0.1) is 0 Å². The quantitative estimate of drug-likeness (QED) is 0.169. The van der Waals surface area contributed by atoms with Crippen molar-refractivity contribution < 1.29 is 9.50 Å². The van der Waals surface area contributed by atoms with Gasteiger partial charge in [-0.1, -0.05) is 114 Å². The molecule has 2 nitrogen and oxygen atoms in total. The summed E-state index contributed by atoms with van der Waals surface area (Å²) in [5.74, 6) is 0.268. The van der Waals surface area contributed by atoms with Crippen LogP contribution in [0.5, 0.6) is 5.75 Å². The van der Waals surface area contributed by atoms with E-state index in [-0.39, 0.29) is 11.0 Å². The fraction of sp³-hybridized carbons (Fsp3) is 0.368. The maximum Gasteiger partial charge on any atom is 0.123 e. The monoisotopic (exact) mass is 581 g/mol. The molecule has 5 rings (SSSR count). The minimum absolute atomic E-state index is 0.161. The summed E-state index contributed by atoms with van der Waals surface area (Å²) in [4.78, 5) is 2.48. The van der Waals surface area contributed by atoms with Crippen LogP contribution < -0.4 is 5.30 Å². The molecule has 0 bridgehead atoms. The molecular formula is C38H45FNOP. The average Bonchev–Trinajstić information content (AvgIpc) is 3.01. The van der Waals surface area contributed by atoms with Crippen LogP contribution in [0.1, 0.15) is 85.8 Å². The minimum atomic E-state index is -0.231. The summed E-state index contributed by atoms with van der Waals surface area (Å²) in [5, 5.41) is 13.0. The van der Waals surface area contributed by atoms with Gasteiger partial charge in [-0.25, -0.2) is 4.39 Å². The normalized spacial score (nSPS) is 15.7. The third-order valence-corrected chi connectivity index (χ3v) is 10.9. The molecular weight excluding hydrogens is 536 g/mol. The van der Waals surface area contributed by atoms with Gasteiger partial charge in [-0.3, -0.25) is 4.90 Å². The van der Waals surface area contributed by atoms with Crippen molar-refractivity contribution in [1.82, 2.24) is 4.90 Å². The number of hydrogen-bond acceptors (Lipinski definition) is 2. The highest BCUT2D eigenvalue weighted by Gasteiger charge is 2.35. The molecule has 1 aliphatic rings. The number of aromatic hydroxyl groups is 1. The van der Waals surface area contributed by atoms with E-state index in [9.17, 15) is 9.50 Å². The van der Waals surface area contributed by atoms with E-state index in [0.29, 0.717) is 20.8 Å². The molecule has 0 aromatic heterocycles. The lowest BCUT2D eigenvalue weighted by Gasteiger charge is -2.36. The number of benzene rings is 4. The lowest BCUT2D eigenvalue weighted by Crippen LogP contribution is -2.31. The number of nitrogens with zero attached hydrogens (tertiary/aromatic N) is 1. The predicted octanol–water partition coefficient (Wildman–Crippen LogP) is 9.11. The van der Waals surface area contributed by atoms with E-state index < -0.39 is 0 Å². The Morgan fingerprint density at radius 3 is 2.07 bits per heavy atom. The topological polar surface area (TPSA) is 23.5 Å². The lowest BCUT2D eigenvalue weighted by molar-refractivity contribution is 0.221. The SMILES string of the molecule is CCCC(CC)(Pc1ccc(F)cc1CN1CCCCC1)c1cc(Cc2ccccc2)cc(Cc2ccccc2)c1O. The third-order valence-electron chi connectivity index (χ3n) is 8.82. The van der Waals surface area contributed by atoms with Crippen molar-refractivity contribution in [3.63, 3.8) is 0 Å². The highest BCUT2D eigenvalue weighted by molar-refractivity contribution is 7.48. The second-order valence-electron chi connectivity index (χ2n) is 11.9. The second kappa shape index (κ2) is 14.5. The molecule has 0 saturated carbocycles. The van der Waals surface area contributed by atoms with Crippen LogP contribution in [0.3, 0.4) is 0 Å². The Morgan fingerprint density at radius 1 is 0.762 bits per heavy atom. The molecule has 0 amide bonds. The van der Waals surface area contributed by atoms with Crippen LogP contribution in [0.25, 0.3) is 0 Å². The van der Waals surface area contributed by atoms with Crippen molar-refractivity contribution in [2.75, 3.05) is 13.1 Å². The second-order valence-corrected chi connectivity index (χ2v) is 13.7. The number of phenolic OH excluding ortho intramolecular Hbond substituents is 1. The van der Waals surface area contributed by atoms with E-state index in [4.69, 9.17) is 0 Å². The molecule has 0 radical (unpaired) electrons. The van der Waals surface area contributed by atoms with Gasteiger partial charge < -0.3 is 5.11 Å². The van der Waals surface area contributed by atoms with Crippen LogP contribution in [0.2, 0.25) is 0 Å². The molecule has 0 spiro atoms. The van der Waals surface area contributed by atoms with E-state index in [0.717, 1.165) is 62.0 Å². The Bertz CT molecular complexity index is 1430. The molecule has 0 aliphatic carbocycles. The summed E-state index contributed by atoms with van der Waals surface area (Å²) in [6.45, 7) is 7.46. The summed E-state index contributed by atoms with van der Waals surface area (Å²) in [6.07, 6.45) is 8.12. The summed E-state index contributed by atoms with van der Waals surface area (Å²) >= 11 is 0. The number of hydrogen-bond donors (Lipinski definition) is 1. The molecule has 4 aromatic rings. The first-order chi connectivity index (χ1) is 20.5. The van der Waals surface area contributed by atoms with E-state index in [1.807, 2.05) is 12.1 Å². The zero-order valence-electron chi connectivity index (χ0n) is 25.2. The van der Waals surface area contributed by atoms with Crippen LogP contribution in [0, 0.1) is 5.82 Å². The molecule has 4 heteroatoms. The fourth-order valence-electron chi connectivity index (χ4n) is 6.59. The lowest BCUT2D eigenvalue weighted by atomic mass is 9.85. The van der Waals surface area contributed by atoms with Crippen LogP contribution in [0.15, 0.2) is 91.0 Å². The maximum atomic E-state index is 14.6. The van der Waals surface area contributed by atoms with Crippen molar-refractivity contribution in [3.8, 4) is 5.75 Å². The molecule has 1 saturated heterocycles. The van der Waals surface area contributed by atoms with E-state index in [1.165, 1.54) is 41.3 Å². The number of phenols is 1. The number of rotatable bonds is 12. The molecule has 1 fully saturated rings. The molecule has 1 N–H and O–H groups in total. The van der Waals surface area contributed by atoms with Crippen LogP contribution >= 0.6 is 8.58 Å². The van der Waals surface area contributed by atoms with Gasteiger partial charge in [-0.05, 0) is 90.4 Å².